The van der Waals surface area contributed by atoms with Crippen molar-refractivity contribution in [2.24, 2.45) is 7.05 Å². The molecule has 0 saturated carbocycles. The maximum absolute atomic E-state index is 11.1. The lowest BCUT2D eigenvalue weighted by molar-refractivity contribution is 0.655. The predicted octanol–water partition coefficient (Wildman–Crippen LogP) is 0.683. The summed E-state index contributed by atoms with van der Waals surface area (Å²) in [5.41, 5.74) is 8.75. The molecule has 0 fully saturated rings. The van der Waals surface area contributed by atoms with Crippen molar-refractivity contribution in [2.75, 3.05) is 17.7 Å². The standard InChI is InChI=1S/C11H19N5OS/c1-4-8-9-10(15(2)14-8)16(11(12)13-9)6-5-7-18(3)17/h4-7H2,1-3H3,(H2,12,13). The van der Waals surface area contributed by atoms with E-state index in [9.17, 15) is 4.21 Å². The summed E-state index contributed by atoms with van der Waals surface area (Å²) < 4.78 is 14.8. The summed E-state index contributed by atoms with van der Waals surface area (Å²) >= 11 is 0. The van der Waals surface area contributed by atoms with Crippen LogP contribution in [-0.2, 0) is 30.8 Å². The van der Waals surface area contributed by atoms with Crippen LogP contribution in [0.25, 0.3) is 11.2 Å². The van der Waals surface area contributed by atoms with Gasteiger partial charge in [0.25, 0.3) is 0 Å². The highest BCUT2D eigenvalue weighted by atomic mass is 32.2. The summed E-state index contributed by atoms with van der Waals surface area (Å²) in [6.45, 7) is 2.78. The van der Waals surface area contributed by atoms with E-state index in [0.29, 0.717) is 11.7 Å². The van der Waals surface area contributed by atoms with E-state index in [1.807, 2.05) is 16.3 Å². The molecule has 0 amide bonds. The van der Waals surface area contributed by atoms with Gasteiger partial charge in [-0.05, 0) is 12.8 Å². The van der Waals surface area contributed by atoms with Gasteiger partial charge in [0.1, 0.15) is 5.52 Å². The third-order valence-corrected chi connectivity index (χ3v) is 3.83. The fraction of sp³-hybridized carbons (Fsp3) is 0.636. The molecule has 100 valence electrons. The number of hydrogen-bond donors (Lipinski definition) is 1. The van der Waals surface area contributed by atoms with Gasteiger partial charge in [0, 0.05) is 36.4 Å². The van der Waals surface area contributed by atoms with Crippen LogP contribution >= 0.6 is 0 Å². The third-order valence-electron chi connectivity index (χ3n) is 2.97. The van der Waals surface area contributed by atoms with Crippen LogP contribution in [0.3, 0.4) is 0 Å². The van der Waals surface area contributed by atoms with Crippen LogP contribution in [-0.4, -0.2) is 35.5 Å². The summed E-state index contributed by atoms with van der Waals surface area (Å²) in [7, 11) is 1.13. The summed E-state index contributed by atoms with van der Waals surface area (Å²) in [6.07, 6.45) is 3.38. The van der Waals surface area contributed by atoms with Gasteiger partial charge in [-0.2, -0.15) is 5.10 Å². The normalized spacial score (nSPS) is 13.3. The number of nitrogens with zero attached hydrogens (tertiary/aromatic N) is 4. The zero-order valence-electron chi connectivity index (χ0n) is 11.0. The van der Waals surface area contributed by atoms with Crippen molar-refractivity contribution in [3.63, 3.8) is 0 Å². The Labute approximate surface area is 109 Å². The van der Waals surface area contributed by atoms with Crippen LogP contribution in [0.5, 0.6) is 0 Å². The monoisotopic (exact) mass is 269 g/mol. The number of imidazole rings is 1. The zero-order chi connectivity index (χ0) is 13.3. The molecule has 0 aliphatic heterocycles. The van der Waals surface area contributed by atoms with E-state index in [1.54, 1.807) is 6.26 Å². The van der Waals surface area contributed by atoms with Gasteiger partial charge in [-0.15, -0.1) is 0 Å². The number of nitrogens with two attached hydrogens (primary N) is 1. The van der Waals surface area contributed by atoms with Gasteiger partial charge >= 0.3 is 0 Å². The van der Waals surface area contributed by atoms with E-state index < -0.39 is 10.8 Å². The number of nitrogen functional groups attached to an aromatic ring is 1. The molecular weight excluding hydrogens is 250 g/mol. The molecule has 1 unspecified atom stereocenters. The minimum Gasteiger partial charge on any atom is -0.369 e. The maximum atomic E-state index is 11.1. The van der Waals surface area contributed by atoms with Gasteiger partial charge in [-0.25, -0.2) is 4.98 Å². The van der Waals surface area contributed by atoms with E-state index in [2.05, 4.69) is 17.0 Å². The number of aryl methyl sites for hydroxylation is 3. The van der Waals surface area contributed by atoms with Gasteiger partial charge in [-0.1, -0.05) is 6.92 Å². The second-order valence-corrected chi connectivity index (χ2v) is 5.90. The molecule has 2 rings (SSSR count). The van der Waals surface area contributed by atoms with Crippen LogP contribution in [0.2, 0.25) is 0 Å². The second-order valence-electron chi connectivity index (χ2n) is 4.35. The first-order valence-electron chi connectivity index (χ1n) is 6.02. The van der Waals surface area contributed by atoms with E-state index in [0.717, 1.165) is 36.2 Å². The van der Waals surface area contributed by atoms with Crippen LogP contribution in [0.1, 0.15) is 19.0 Å². The molecule has 2 aromatic heterocycles. The molecule has 0 aliphatic rings. The second kappa shape index (κ2) is 5.09. The molecule has 0 saturated heterocycles. The smallest absolute Gasteiger partial charge is 0.202 e. The van der Waals surface area contributed by atoms with Gasteiger partial charge in [0.05, 0.1) is 5.69 Å². The largest absolute Gasteiger partial charge is 0.369 e. The van der Waals surface area contributed by atoms with Gasteiger partial charge in [0.15, 0.2) is 5.65 Å². The van der Waals surface area contributed by atoms with Crippen molar-refractivity contribution in [3.05, 3.63) is 5.69 Å². The molecule has 0 radical (unpaired) electrons. The van der Waals surface area contributed by atoms with Crippen molar-refractivity contribution in [2.45, 2.75) is 26.3 Å². The number of hydrogen-bond acceptors (Lipinski definition) is 4. The third kappa shape index (κ3) is 2.27. The quantitative estimate of drug-likeness (QED) is 0.866. The molecule has 0 aromatic carbocycles. The highest BCUT2D eigenvalue weighted by Crippen LogP contribution is 2.21. The Morgan fingerprint density at radius 1 is 1.44 bits per heavy atom. The minimum absolute atomic E-state index is 0.509. The Balaban J connectivity index is 2.34. The molecule has 0 spiro atoms. The summed E-state index contributed by atoms with van der Waals surface area (Å²) in [6, 6.07) is 0. The molecule has 2 N–H and O–H groups in total. The lowest BCUT2D eigenvalue weighted by Crippen LogP contribution is -2.09. The molecule has 7 heteroatoms. The van der Waals surface area contributed by atoms with Crippen molar-refractivity contribution < 1.29 is 4.21 Å². The fourth-order valence-corrected chi connectivity index (χ4v) is 2.68. The van der Waals surface area contributed by atoms with Crippen LogP contribution in [0.4, 0.5) is 5.95 Å². The van der Waals surface area contributed by atoms with Gasteiger partial charge in [0.2, 0.25) is 5.95 Å². The van der Waals surface area contributed by atoms with Crippen molar-refractivity contribution in [1.82, 2.24) is 19.3 Å². The molecule has 2 aromatic rings. The van der Waals surface area contributed by atoms with Crippen molar-refractivity contribution >= 4 is 27.9 Å². The Hall–Kier alpha value is -1.37. The average Bonchev–Trinajstić information content (AvgIpc) is 2.77. The van der Waals surface area contributed by atoms with E-state index in [-0.39, 0.29) is 0 Å². The Bertz CT molecular complexity index is 586. The molecular formula is C11H19N5OS. The predicted molar refractivity (Wildman–Crippen MR) is 73.8 cm³/mol. The number of aromatic nitrogens is 4. The zero-order valence-corrected chi connectivity index (χ0v) is 11.8. The van der Waals surface area contributed by atoms with Crippen molar-refractivity contribution in [3.8, 4) is 0 Å². The molecule has 0 aliphatic carbocycles. The summed E-state index contributed by atoms with van der Waals surface area (Å²) in [4.78, 5) is 4.38. The topological polar surface area (TPSA) is 78.7 Å². The Morgan fingerprint density at radius 3 is 2.78 bits per heavy atom. The summed E-state index contributed by atoms with van der Waals surface area (Å²) in [5, 5.41) is 4.43. The molecule has 2 heterocycles. The fourth-order valence-electron chi connectivity index (χ4n) is 2.14. The van der Waals surface area contributed by atoms with E-state index in [4.69, 9.17) is 5.73 Å². The van der Waals surface area contributed by atoms with Crippen LogP contribution < -0.4 is 5.73 Å². The van der Waals surface area contributed by atoms with Gasteiger partial charge in [-0.3, -0.25) is 13.5 Å². The maximum Gasteiger partial charge on any atom is 0.202 e. The Kier molecular flexibility index (Phi) is 3.70. The number of rotatable bonds is 5. The first-order chi connectivity index (χ1) is 8.54. The Morgan fingerprint density at radius 2 is 2.17 bits per heavy atom. The summed E-state index contributed by atoms with van der Waals surface area (Å²) in [5.74, 6) is 1.19. The number of anilines is 1. The lowest BCUT2D eigenvalue weighted by Gasteiger charge is -2.05. The lowest BCUT2D eigenvalue weighted by atomic mass is 10.3. The molecule has 6 nitrogen and oxygen atoms in total. The molecule has 1 atom stereocenters. The minimum atomic E-state index is -0.766. The number of fused-ring (bicyclic) bond motifs is 1. The SMILES string of the molecule is CCc1nn(C)c2c1nc(N)n2CCCS(C)=O. The molecule has 0 bridgehead atoms. The average molecular weight is 269 g/mol. The van der Waals surface area contributed by atoms with Crippen LogP contribution in [0.15, 0.2) is 0 Å². The first-order valence-corrected chi connectivity index (χ1v) is 7.75. The van der Waals surface area contributed by atoms with E-state index in [1.165, 1.54) is 0 Å². The highest BCUT2D eigenvalue weighted by molar-refractivity contribution is 7.84. The van der Waals surface area contributed by atoms with Crippen molar-refractivity contribution in [1.29, 1.82) is 0 Å². The highest BCUT2D eigenvalue weighted by Gasteiger charge is 2.16. The van der Waals surface area contributed by atoms with Gasteiger partial charge < -0.3 is 5.73 Å². The first kappa shape index (κ1) is 13.1. The van der Waals surface area contributed by atoms with E-state index >= 15 is 0 Å². The van der Waals surface area contributed by atoms with Crippen LogP contribution in [0, 0.1) is 0 Å². The molecule has 18 heavy (non-hydrogen) atoms.